The molecule has 0 atom stereocenters. The molecule has 6 nitrogen and oxygen atoms in total. The Morgan fingerprint density at radius 3 is 2.63 bits per heavy atom. The number of thiazole rings is 1. The fourth-order valence-corrected chi connectivity index (χ4v) is 4.93. The summed E-state index contributed by atoms with van der Waals surface area (Å²) in [5, 5.41) is 5.95. The average Bonchev–Trinajstić information content (AvgIpc) is 3.28. The van der Waals surface area contributed by atoms with Crippen LogP contribution in [0.25, 0.3) is 0 Å². The molecule has 2 fully saturated rings. The maximum atomic E-state index is 12.6. The predicted molar refractivity (Wildman–Crippen MR) is 104 cm³/mol. The first-order valence-corrected chi connectivity index (χ1v) is 10.7. The largest absolute Gasteiger partial charge is 0.356 e. The van der Waals surface area contributed by atoms with E-state index < -0.39 is 5.41 Å². The highest BCUT2D eigenvalue weighted by Gasteiger charge is 2.52. The van der Waals surface area contributed by atoms with Crippen LogP contribution in [-0.4, -0.2) is 40.7 Å². The number of aromatic nitrogens is 1. The molecule has 0 aromatic carbocycles. The van der Waals surface area contributed by atoms with Crippen LogP contribution in [0.5, 0.6) is 0 Å². The third kappa shape index (κ3) is 4.39. The first kappa shape index (κ1) is 20.0. The van der Waals surface area contributed by atoms with Crippen LogP contribution in [-0.2, 0) is 26.2 Å². The Bertz CT molecular complexity index is 729. The smallest absolute Gasteiger partial charge is 0.235 e. The van der Waals surface area contributed by atoms with E-state index in [1.54, 1.807) is 11.3 Å². The van der Waals surface area contributed by atoms with E-state index in [1.165, 1.54) is 4.90 Å². The van der Waals surface area contributed by atoms with E-state index in [1.807, 2.05) is 0 Å². The van der Waals surface area contributed by atoms with Gasteiger partial charge in [-0.25, -0.2) is 4.98 Å². The molecule has 1 saturated heterocycles. The summed E-state index contributed by atoms with van der Waals surface area (Å²) in [5.74, 6) is -0.307. The number of rotatable bonds is 6. The molecule has 0 unspecified atom stereocenters. The molecule has 1 aromatic rings. The van der Waals surface area contributed by atoms with Crippen molar-refractivity contribution in [2.45, 2.75) is 71.1 Å². The standard InChI is InChI=1S/C20H29N3O3S/c1-19(2,3)14-13-27-16(22-14)6-10-21-15(24)7-11-23-17(25)12-20(18(23)26)8-4-5-9-20/h13H,4-12H2,1-3H3,(H,21,24). The van der Waals surface area contributed by atoms with Crippen LogP contribution in [0.3, 0.4) is 0 Å². The van der Waals surface area contributed by atoms with Gasteiger partial charge in [-0.1, -0.05) is 33.6 Å². The lowest BCUT2D eigenvalue weighted by molar-refractivity contribution is -0.141. The molecule has 27 heavy (non-hydrogen) atoms. The van der Waals surface area contributed by atoms with Gasteiger partial charge in [0, 0.05) is 43.1 Å². The third-order valence-corrected chi connectivity index (χ3v) is 6.50. The molecule has 1 N–H and O–H groups in total. The van der Waals surface area contributed by atoms with Crippen molar-refractivity contribution in [2.75, 3.05) is 13.1 Å². The van der Waals surface area contributed by atoms with Crippen molar-refractivity contribution in [2.24, 2.45) is 5.41 Å². The van der Waals surface area contributed by atoms with Crippen molar-refractivity contribution >= 4 is 29.1 Å². The summed E-state index contributed by atoms with van der Waals surface area (Å²) in [7, 11) is 0. The second-order valence-corrected chi connectivity index (χ2v) is 9.68. The number of nitrogens with zero attached hydrogens (tertiary/aromatic N) is 2. The van der Waals surface area contributed by atoms with Crippen molar-refractivity contribution in [1.82, 2.24) is 15.2 Å². The lowest BCUT2D eigenvalue weighted by Crippen LogP contribution is -2.37. The first-order chi connectivity index (χ1) is 12.7. The van der Waals surface area contributed by atoms with Gasteiger partial charge in [0.15, 0.2) is 0 Å². The van der Waals surface area contributed by atoms with E-state index in [0.29, 0.717) is 19.4 Å². The molecule has 0 radical (unpaired) electrons. The van der Waals surface area contributed by atoms with Gasteiger partial charge in [-0.2, -0.15) is 0 Å². The Balaban J connectivity index is 1.42. The molecule has 2 heterocycles. The van der Waals surface area contributed by atoms with Crippen molar-refractivity contribution < 1.29 is 14.4 Å². The fraction of sp³-hybridized carbons (Fsp3) is 0.700. The van der Waals surface area contributed by atoms with E-state index in [-0.39, 0.29) is 36.1 Å². The van der Waals surface area contributed by atoms with Crippen molar-refractivity contribution in [3.05, 3.63) is 16.1 Å². The van der Waals surface area contributed by atoms with Gasteiger partial charge in [0.1, 0.15) is 0 Å². The number of imide groups is 1. The van der Waals surface area contributed by atoms with Gasteiger partial charge in [0.2, 0.25) is 17.7 Å². The number of amides is 3. The zero-order valence-electron chi connectivity index (χ0n) is 16.5. The summed E-state index contributed by atoms with van der Waals surface area (Å²) in [5.41, 5.74) is 0.646. The highest BCUT2D eigenvalue weighted by atomic mass is 32.1. The second kappa shape index (κ2) is 7.70. The highest BCUT2D eigenvalue weighted by Crippen LogP contribution is 2.46. The lowest BCUT2D eigenvalue weighted by Gasteiger charge is -2.20. The number of hydrogen-bond acceptors (Lipinski definition) is 5. The van der Waals surface area contributed by atoms with Crippen LogP contribution in [0.4, 0.5) is 0 Å². The maximum absolute atomic E-state index is 12.6. The first-order valence-electron chi connectivity index (χ1n) is 9.78. The average molecular weight is 392 g/mol. The minimum atomic E-state index is -0.455. The number of carbonyl (C=O) groups excluding carboxylic acids is 3. The van der Waals surface area contributed by atoms with Gasteiger partial charge in [-0.15, -0.1) is 11.3 Å². The lowest BCUT2D eigenvalue weighted by atomic mass is 9.84. The molecule has 0 bridgehead atoms. The van der Waals surface area contributed by atoms with Gasteiger partial charge in [-0.05, 0) is 12.8 Å². The van der Waals surface area contributed by atoms with Crippen molar-refractivity contribution in [3.8, 4) is 0 Å². The Labute approximate surface area is 164 Å². The highest BCUT2D eigenvalue weighted by molar-refractivity contribution is 7.09. The van der Waals surface area contributed by atoms with Crippen LogP contribution >= 0.6 is 11.3 Å². The molecule has 2 aliphatic rings. The molecule has 1 aliphatic carbocycles. The van der Waals surface area contributed by atoms with E-state index in [4.69, 9.17) is 0 Å². The summed E-state index contributed by atoms with van der Waals surface area (Å²) < 4.78 is 0. The summed E-state index contributed by atoms with van der Waals surface area (Å²) in [6.07, 6.45) is 4.83. The Hall–Kier alpha value is -1.76. The monoisotopic (exact) mass is 391 g/mol. The van der Waals surface area contributed by atoms with Crippen LogP contribution in [0.15, 0.2) is 5.38 Å². The number of carbonyl (C=O) groups is 3. The maximum Gasteiger partial charge on any atom is 0.235 e. The summed E-state index contributed by atoms with van der Waals surface area (Å²) in [4.78, 5) is 42.8. The quantitative estimate of drug-likeness (QED) is 0.756. The zero-order valence-corrected chi connectivity index (χ0v) is 17.3. The summed E-state index contributed by atoms with van der Waals surface area (Å²) >= 11 is 1.61. The topological polar surface area (TPSA) is 79.4 Å². The van der Waals surface area contributed by atoms with Crippen LogP contribution in [0.2, 0.25) is 0 Å². The van der Waals surface area contributed by atoms with Crippen LogP contribution < -0.4 is 5.32 Å². The van der Waals surface area contributed by atoms with Gasteiger partial charge in [-0.3, -0.25) is 19.3 Å². The second-order valence-electron chi connectivity index (χ2n) is 8.74. The number of hydrogen-bond donors (Lipinski definition) is 1. The number of likely N-dealkylation sites (tertiary alicyclic amines) is 1. The molecule has 148 valence electrons. The predicted octanol–water partition coefficient (Wildman–Crippen LogP) is 2.81. The Morgan fingerprint density at radius 2 is 2.00 bits per heavy atom. The molecular weight excluding hydrogens is 362 g/mol. The molecule has 1 aliphatic heterocycles. The molecule has 3 rings (SSSR count). The van der Waals surface area contributed by atoms with E-state index >= 15 is 0 Å². The SMILES string of the molecule is CC(C)(C)c1csc(CCNC(=O)CCN2C(=O)CC3(CCCC3)C2=O)n1. The molecule has 1 spiro atoms. The summed E-state index contributed by atoms with van der Waals surface area (Å²) in [6, 6.07) is 0. The minimum Gasteiger partial charge on any atom is -0.356 e. The van der Waals surface area contributed by atoms with E-state index in [2.05, 4.69) is 36.5 Å². The fourth-order valence-electron chi connectivity index (χ4n) is 3.91. The zero-order chi connectivity index (χ0) is 19.7. The van der Waals surface area contributed by atoms with Crippen molar-refractivity contribution in [3.63, 3.8) is 0 Å². The molecule has 3 amide bonds. The van der Waals surface area contributed by atoms with Gasteiger partial charge < -0.3 is 5.32 Å². The molecule has 7 heteroatoms. The Morgan fingerprint density at radius 1 is 1.30 bits per heavy atom. The molecular formula is C20H29N3O3S. The molecule has 1 saturated carbocycles. The van der Waals surface area contributed by atoms with E-state index in [0.717, 1.165) is 36.4 Å². The van der Waals surface area contributed by atoms with Crippen LogP contribution in [0.1, 0.15) is 70.0 Å². The Kier molecular flexibility index (Phi) is 5.70. The van der Waals surface area contributed by atoms with Gasteiger partial charge in [0.25, 0.3) is 0 Å². The summed E-state index contributed by atoms with van der Waals surface area (Å²) in [6.45, 7) is 7.09. The third-order valence-electron chi connectivity index (χ3n) is 5.59. The van der Waals surface area contributed by atoms with E-state index in [9.17, 15) is 14.4 Å². The van der Waals surface area contributed by atoms with Crippen molar-refractivity contribution in [1.29, 1.82) is 0 Å². The number of nitrogens with one attached hydrogen (secondary N) is 1. The van der Waals surface area contributed by atoms with Gasteiger partial charge in [0.05, 0.1) is 16.1 Å². The minimum absolute atomic E-state index is 0.0312. The normalized spacial score (nSPS) is 19.3. The van der Waals surface area contributed by atoms with Gasteiger partial charge >= 0.3 is 0 Å². The molecule has 1 aromatic heterocycles. The van der Waals surface area contributed by atoms with Crippen LogP contribution in [0, 0.1) is 5.41 Å².